The highest BCUT2D eigenvalue weighted by atomic mass is 32.5. The van der Waals surface area contributed by atoms with E-state index < -0.39 is 81.3 Å². The van der Waals surface area contributed by atoms with E-state index in [4.69, 9.17) is 56.9 Å². The normalized spacial score (nSPS) is 37.7. The van der Waals surface area contributed by atoms with Gasteiger partial charge in [-0.05, 0) is 36.6 Å². The lowest BCUT2D eigenvalue weighted by Gasteiger charge is -2.28. The largest absolute Gasteiger partial charge is 0.387 e. The predicted octanol–water partition coefficient (Wildman–Crippen LogP) is -0.777. The van der Waals surface area contributed by atoms with Crippen molar-refractivity contribution in [3.63, 3.8) is 0 Å². The monoisotopic (exact) mass is 704 g/mol. The topological polar surface area (TPSA) is 257 Å². The molecule has 7 rings (SSSR count). The van der Waals surface area contributed by atoms with Gasteiger partial charge < -0.3 is 53.8 Å². The van der Waals surface area contributed by atoms with E-state index in [1.54, 1.807) is 19.2 Å². The van der Waals surface area contributed by atoms with Crippen molar-refractivity contribution in [3.8, 4) is 0 Å². The average molecular weight is 705 g/mol. The molecule has 19 nitrogen and oxygen atoms in total. The SMILES string of the molecule is Cc1nc2c(ncn2[C@@H]2O[C@@H]3COP(O)(=S)O[C@@H]4C(O)[C@H](n5ccc6c(N)ncnc65)O[C@@H]4COP(O)(=S)O[C@H]2C3O)c(=O)[nH]1. The fraction of sp³-hybridized carbons (Fsp3) is 0.500. The number of nitrogen functional groups attached to an aromatic ring is 1. The minimum absolute atomic E-state index is 0.00681. The average Bonchev–Trinajstić information content (AvgIpc) is 3.72. The van der Waals surface area contributed by atoms with E-state index in [0.29, 0.717) is 11.0 Å². The molecule has 0 aliphatic carbocycles. The summed E-state index contributed by atoms with van der Waals surface area (Å²) in [4.78, 5) is 53.7. The van der Waals surface area contributed by atoms with Crippen molar-refractivity contribution in [3.05, 3.63) is 41.1 Å². The summed E-state index contributed by atoms with van der Waals surface area (Å²) in [6.45, 7) is -7.77. The Labute approximate surface area is 262 Å². The molecule has 3 saturated heterocycles. The van der Waals surface area contributed by atoms with Crippen LogP contribution in [0.15, 0.2) is 29.7 Å². The molecule has 2 bridgehead atoms. The van der Waals surface area contributed by atoms with Crippen LogP contribution in [-0.2, 0) is 51.2 Å². The van der Waals surface area contributed by atoms with Gasteiger partial charge in [-0.3, -0.25) is 18.4 Å². The second-order valence-corrected chi connectivity index (χ2v) is 16.1. The first-order valence-electron chi connectivity index (χ1n) is 13.3. The van der Waals surface area contributed by atoms with Gasteiger partial charge in [-0.1, -0.05) is 0 Å². The first-order valence-corrected chi connectivity index (χ1v) is 18.5. The molecule has 242 valence electrons. The van der Waals surface area contributed by atoms with Gasteiger partial charge in [0.1, 0.15) is 60.2 Å². The van der Waals surface area contributed by atoms with Crippen molar-refractivity contribution in [2.24, 2.45) is 0 Å². The smallest absolute Gasteiger partial charge is 0.325 e. The second kappa shape index (κ2) is 11.4. The third-order valence-electron chi connectivity index (χ3n) is 7.58. The summed E-state index contributed by atoms with van der Waals surface area (Å²) < 4.78 is 37.6. The van der Waals surface area contributed by atoms with E-state index in [1.165, 1.54) is 21.8 Å². The van der Waals surface area contributed by atoms with Crippen molar-refractivity contribution in [2.45, 2.75) is 56.0 Å². The van der Waals surface area contributed by atoms with E-state index in [-0.39, 0.29) is 22.8 Å². The van der Waals surface area contributed by atoms with Crippen LogP contribution in [0.5, 0.6) is 0 Å². The maximum absolute atomic E-state index is 12.4. The summed E-state index contributed by atoms with van der Waals surface area (Å²) in [6.07, 6.45) is -6.33. The Morgan fingerprint density at radius 1 is 0.956 bits per heavy atom. The Morgan fingerprint density at radius 3 is 2.40 bits per heavy atom. The zero-order valence-electron chi connectivity index (χ0n) is 23.0. The predicted molar refractivity (Wildman–Crippen MR) is 159 cm³/mol. The highest BCUT2D eigenvalue weighted by Crippen LogP contribution is 2.54. The number of H-pyrrole nitrogens is 1. The molecular weight excluding hydrogens is 678 g/mol. The van der Waals surface area contributed by atoms with Gasteiger partial charge in [0.05, 0.1) is 24.9 Å². The number of hydrogen-bond acceptors (Lipinski definition) is 16. The Bertz CT molecular complexity index is 1940. The molecule has 3 aliphatic rings. The van der Waals surface area contributed by atoms with Crippen molar-refractivity contribution in [2.75, 3.05) is 18.9 Å². The minimum Gasteiger partial charge on any atom is -0.387 e. The fourth-order valence-corrected chi connectivity index (χ4v) is 8.39. The number of nitrogens with one attached hydrogen (secondary N) is 1. The summed E-state index contributed by atoms with van der Waals surface area (Å²) in [6, 6.07) is 1.64. The number of anilines is 1. The summed E-state index contributed by atoms with van der Waals surface area (Å²) in [5.41, 5.74) is 5.90. The van der Waals surface area contributed by atoms with Gasteiger partial charge in [0.25, 0.3) is 5.56 Å². The fourth-order valence-electron chi connectivity index (χ4n) is 5.53. The van der Waals surface area contributed by atoms with Crippen LogP contribution in [0, 0.1) is 6.92 Å². The lowest BCUT2D eigenvalue weighted by atomic mass is 10.1. The standard InChI is InChI=1S/C22H26N8O11P2S2/c1-8-27-19-12(20(33)28-8)26-7-30(19)22-16-13(31)10(38-22)4-36-42(34,44)40-15-11(5-37-43(35,45)41-16)39-21(14(15)32)29-3-2-9-17(23)24-6-25-18(9)29/h2-3,6-7,10-11,13-16,21-22,31-32H,4-5H2,1H3,(H,34,44)(H,35,45)(H2,23,24,25)(H,27,28,33)/t10-,11-,13?,14?,15+,16+,21-,22-,42?,43?/m1/s1. The molecule has 0 saturated carbocycles. The van der Waals surface area contributed by atoms with Gasteiger partial charge in [0, 0.05) is 6.20 Å². The number of aromatic amines is 1. The molecule has 10 atom stereocenters. The number of fused-ring (bicyclic) bond motifs is 5. The first-order chi connectivity index (χ1) is 21.3. The number of imidazole rings is 1. The van der Waals surface area contributed by atoms with Gasteiger partial charge >= 0.3 is 13.4 Å². The van der Waals surface area contributed by atoms with Crippen LogP contribution in [0.2, 0.25) is 0 Å². The first kappa shape index (κ1) is 31.3. The molecule has 0 radical (unpaired) electrons. The van der Waals surface area contributed by atoms with E-state index in [2.05, 4.69) is 24.9 Å². The zero-order valence-corrected chi connectivity index (χ0v) is 26.4. The lowest BCUT2D eigenvalue weighted by molar-refractivity contribution is -0.0606. The molecule has 3 aliphatic heterocycles. The van der Waals surface area contributed by atoms with Gasteiger partial charge in [0.2, 0.25) is 0 Å². The molecule has 0 spiro atoms. The van der Waals surface area contributed by atoms with Crippen LogP contribution < -0.4 is 11.3 Å². The molecule has 23 heteroatoms. The van der Waals surface area contributed by atoms with Crippen molar-refractivity contribution < 1.29 is 47.6 Å². The van der Waals surface area contributed by atoms with E-state index in [9.17, 15) is 24.8 Å². The van der Waals surface area contributed by atoms with Crippen LogP contribution in [-0.4, -0.2) is 104 Å². The second-order valence-electron chi connectivity index (χ2n) is 10.5. The molecule has 4 unspecified atom stereocenters. The van der Waals surface area contributed by atoms with Crippen LogP contribution in [0.4, 0.5) is 5.82 Å². The number of aryl methyl sites for hydroxylation is 1. The molecule has 4 aromatic rings. The molecule has 4 aromatic heterocycles. The Morgan fingerprint density at radius 2 is 1.64 bits per heavy atom. The van der Waals surface area contributed by atoms with Crippen LogP contribution in [0.1, 0.15) is 18.3 Å². The van der Waals surface area contributed by atoms with Crippen molar-refractivity contribution in [1.29, 1.82) is 0 Å². The van der Waals surface area contributed by atoms with Crippen LogP contribution in [0.25, 0.3) is 22.2 Å². The third-order valence-corrected chi connectivity index (χ3v) is 10.7. The molecule has 0 amide bonds. The third kappa shape index (κ3) is 5.66. The summed E-state index contributed by atoms with van der Waals surface area (Å²) in [5, 5.41) is 23.0. The number of aromatic nitrogens is 7. The lowest BCUT2D eigenvalue weighted by Crippen LogP contribution is -2.36. The van der Waals surface area contributed by atoms with Gasteiger partial charge in [0.15, 0.2) is 23.6 Å². The number of hydrogen-bond donors (Lipinski definition) is 6. The highest BCUT2D eigenvalue weighted by molar-refractivity contribution is 8.07. The number of aliphatic hydroxyl groups excluding tert-OH is 2. The van der Waals surface area contributed by atoms with Crippen LogP contribution >= 0.6 is 13.4 Å². The maximum atomic E-state index is 12.4. The maximum Gasteiger partial charge on any atom is 0.325 e. The van der Waals surface area contributed by atoms with E-state index in [1.807, 2.05) is 0 Å². The van der Waals surface area contributed by atoms with Crippen molar-refractivity contribution >= 4 is 65.1 Å². The van der Waals surface area contributed by atoms with Gasteiger partial charge in [-0.15, -0.1) is 0 Å². The summed E-state index contributed by atoms with van der Waals surface area (Å²) in [5.74, 6) is 0.501. The summed E-state index contributed by atoms with van der Waals surface area (Å²) in [7, 11) is 0. The number of nitrogens with zero attached hydrogens (tertiary/aromatic N) is 6. The molecular formula is C22H26N8O11P2S2. The Kier molecular flexibility index (Phi) is 7.94. The highest BCUT2D eigenvalue weighted by Gasteiger charge is 2.52. The molecule has 3 fully saturated rings. The molecule has 45 heavy (non-hydrogen) atoms. The molecule has 7 heterocycles. The number of ether oxygens (including phenoxy) is 2. The zero-order chi connectivity index (χ0) is 31.8. The van der Waals surface area contributed by atoms with Crippen LogP contribution in [0.3, 0.4) is 0 Å². The molecule has 0 aromatic carbocycles. The number of rotatable bonds is 2. The summed E-state index contributed by atoms with van der Waals surface area (Å²) >= 11 is 10.5. The van der Waals surface area contributed by atoms with E-state index >= 15 is 0 Å². The number of nitrogens with two attached hydrogens (primary N) is 1. The Hall–Kier alpha value is -2.33. The van der Waals surface area contributed by atoms with E-state index in [0.717, 1.165) is 0 Å². The quantitative estimate of drug-likeness (QED) is 0.140. The van der Waals surface area contributed by atoms with Gasteiger partial charge in [-0.25, -0.2) is 19.9 Å². The Balaban J connectivity index is 1.21. The van der Waals surface area contributed by atoms with Gasteiger partial charge in [-0.2, -0.15) is 0 Å². The minimum atomic E-state index is -4.19. The number of aliphatic hydroxyl groups is 2. The van der Waals surface area contributed by atoms with Crippen molar-refractivity contribution in [1.82, 2.24) is 34.1 Å². The molecule has 7 N–H and O–H groups in total.